The minimum atomic E-state index is -1.91. The molecule has 1 atom stereocenters. The topological polar surface area (TPSA) is 75.7 Å². The van der Waals surface area contributed by atoms with E-state index in [1.807, 2.05) is 0 Å². The summed E-state index contributed by atoms with van der Waals surface area (Å²) in [6.07, 6.45) is -2.88. The summed E-state index contributed by atoms with van der Waals surface area (Å²) >= 11 is 0. The smallest absolute Gasteiger partial charge is 0.418 e. The molecular weight excluding hydrogens is 219 g/mol. The molecule has 7 heteroatoms. The van der Waals surface area contributed by atoms with Gasteiger partial charge in [-0.3, -0.25) is 10.1 Å². The van der Waals surface area contributed by atoms with Crippen LogP contribution in [0.1, 0.15) is 20.8 Å². The van der Waals surface area contributed by atoms with Crippen LogP contribution in [0.2, 0.25) is 0 Å². The summed E-state index contributed by atoms with van der Waals surface area (Å²) in [5.74, 6) is -1.04. The Morgan fingerprint density at radius 3 is 2.56 bits per heavy atom. The number of carbonyl (C=O) groups is 3. The number of hydrogen-bond donors (Lipinski definition) is 1. The first-order valence-corrected chi connectivity index (χ1v) is 4.70. The quantitative estimate of drug-likeness (QED) is 0.670. The molecule has 1 aliphatic rings. The maximum Gasteiger partial charge on any atom is 0.418 e. The monoisotopic (exact) mass is 232 g/mol. The van der Waals surface area contributed by atoms with E-state index in [1.165, 1.54) is 0 Å². The van der Waals surface area contributed by atoms with Crippen molar-refractivity contribution in [3.8, 4) is 0 Å². The first-order chi connectivity index (χ1) is 7.20. The molecule has 1 fully saturated rings. The number of carbonyl (C=O) groups excluding carboxylic acids is 3. The van der Waals surface area contributed by atoms with Crippen molar-refractivity contribution in [2.45, 2.75) is 32.5 Å². The highest BCUT2D eigenvalue weighted by molar-refractivity contribution is 6.04. The van der Waals surface area contributed by atoms with E-state index in [0.717, 1.165) is 0 Å². The maximum absolute atomic E-state index is 13.0. The lowest BCUT2D eigenvalue weighted by Gasteiger charge is -2.29. The van der Waals surface area contributed by atoms with E-state index < -0.39 is 36.3 Å². The molecule has 0 saturated carbocycles. The van der Waals surface area contributed by atoms with Crippen LogP contribution in [-0.2, 0) is 9.53 Å². The second-order valence-corrected chi connectivity index (χ2v) is 4.35. The molecule has 1 heterocycles. The van der Waals surface area contributed by atoms with E-state index in [1.54, 1.807) is 26.1 Å². The third-order valence-corrected chi connectivity index (χ3v) is 1.72. The summed E-state index contributed by atoms with van der Waals surface area (Å²) in [7, 11) is 0. The largest absolute Gasteiger partial charge is 0.443 e. The molecule has 0 bridgehead atoms. The molecular formula is C9H13FN2O4. The number of ether oxygens (including phenoxy) is 1. The van der Waals surface area contributed by atoms with Crippen molar-refractivity contribution in [1.29, 1.82) is 0 Å². The van der Waals surface area contributed by atoms with Crippen LogP contribution in [0.15, 0.2) is 0 Å². The number of nitrogens with one attached hydrogen (secondary N) is 1. The highest BCUT2D eigenvalue weighted by Crippen LogP contribution is 2.13. The molecule has 1 aliphatic heterocycles. The van der Waals surface area contributed by atoms with Crippen LogP contribution in [0.3, 0.4) is 0 Å². The molecule has 0 aromatic heterocycles. The molecule has 90 valence electrons. The van der Waals surface area contributed by atoms with E-state index in [0.29, 0.717) is 4.90 Å². The first-order valence-electron chi connectivity index (χ1n) is 4.70. The fourth-order valence-corrected chi connectivity index (χ4v) is 1.05. The Morgan fingerprint density at radius 2 is 2.06 bits per heavy atom. The second-order valence-electron chi connectivity index (χ2n) is 4.35. The van der Waals surface area contributed by atoms with E-state index in [4.69, 9.17) is 4.74 Å². The minimum absolute atomic E-state index is 0.525. The molecule has 0 aliphatic carbocycles. The average molecular weight is 232 g/mol. The molecule has 0 radical (unpaired) electrons. The van der Waals surface area contributed by atoms with Crippen molar-refractivity contribution in [2.75, 3.05) is 6.54 Å². The molecule has 1 unspecified atom stereocenters. The number of hydrogen-bond acceptors (Lipinski definition) is 4. The Bertz CT molecular complexity index is 337. The number of halogens is 1. The van der Waals surface area contributed by atoms with Gasteiger partial charge in [-0.1, -0.05) is 0 Å². The summed E-state index contributed by atoms with van der Waals surface area (Å²) in [5.41, 5.74) is -0.787. The zero-order valence-electron chi connectivity index (χ0n) is 9.24. The van der Waals surface area contributed by atoms with E-state index >= 15 is 0 Å². The molecule has 0 aromatic carbocycles. The van der Waals surface area contributed by atoms with Gasteiger partial charge in [0.2, 0.25) is 0 Å². The molecule has 4 amide bonds. The number of imide groups is 2. The number of nitrogens with zero attached hydrogens (tertiary/aromatic N) is 1. The van der Waals surface area contributed by atoms with Crippen LogP contribution in [0.4, 0.5) is 14.0 Å². The molecule has 0 aromatic rings. The van der Waals surface area contributed by atoms with Gasteiger partial charge in [0.05, 0.1) is 6.54 Å². The van der Waals surface area contributed by atoms with Gasteiger partial charge < -0.3 is 4.74 Å². The number of urea groups is 1. The first kappa shape index (κ1) is 12.4. The third-order valence-electron chi connectivity index (χ3n) is 1.72. The van der Waals surface area contributed by atoms with Gasteiger partial charge in [0.15, 0.2) is 6.17 Å². The summed E-state index contributed by atoms with van der Waals surface area (Å²) < 4.78 is 17.9. The average Bonchev–Trinajstić information content (AvgIpc) is 2.08. The molecule has 1 saturated heterocycles. The fourth-order valence-electron chi connectivity index (χ4n) is 1.05. The standard InChI is InChI=1S/C9H13FN2O4/c1-9(2,3)16-8(15)12-4-5(10)6(13)11-7(12)14/h5H,4H2,1-3H3,(H,11,13,14). The Kier molecular flexibility index (Phi) is 3.16. The highest BCUT2D eigenvalue weighted by Gasteiger charge is 2.37. The van der Waals surface area contributed by atoms with Crippen LogP contribution in [0.25, 0.3) is 0 Å². The Morgan fingerprint density at radius 1 is 1.50 bits per heavy atom. The maximum atomic E-state index is 13.0. The van der Waals surface area contributed by atoms with E-state index in [-0.39, 0.29) is 0 Å². The Labute approximate surface area is 91.7 Å². The zero-order valence-corrected chi connectivity index (χ0v) is 9.24. The van der Waals surface area contributed by atoms with Crippen molar-refractivity contribution in [2.24, 2.45) is 0 Å². The molecule has 1 N–H and O–H groups in total. The van der Waals surface area contributed by atoms with Crippen LogP contribution in [0, 0.1) is 0 Å². The summed E-state index contributed by atoms with van der Waals surface area (Å²) in [6, 6.07) is -0.965. The van der Waals surface area contributed by atoms with Gasteiger partial charge in [-0.15, -0.1) is 0 Å². The highest BCUT2D eigenvalue weighted by atomic mass is 19.1. The summed E-state index contributed by atoms with van der Waals surface area (Å²) in [4.78, 5) is 33.9. The lowest BCUT2D eigenvalue weighted by molar-refractivity contribution is -0.126. The zero-order chi connectivity index (χ0) is 12.5. The lowest BCUT2D eigenvalue weighted by Crippen LogP contribution is -2.58. The minimum Gasteiger partial charge on any atom is -0.443 e. The van der Waals surface area contributed by atoms with Gasteiger partial charge in [-0.2, -0.15) is 0 Å². The second kappa shape index (κ2) is 4.07. The van der Waals surface area contributed by atoms with Crippen molar-refractivity contribution in [3.63, 3.8) is 0 Å². The van der Waals surface area contributed by atoms with Crippen molar-refractivity contribution in [1.82, 2.24) is 10.2 Å². The normalized spacial score (nSPS) is 21.8. The van der Waals surface area contributed by atoms with Gasteiger partial charge in [-0.05, 0) is 20.8 Å². The number of rotatable bonds is 0. The number of alkyl halides is 1. The predicted octanol–water partition coefficient (Wildman–Crippen LogP) is 0.811. The molecule has 6 nitrogen and oxygen atoms in total. The fraction of sp³-hybridized carbons (Fsp3) is 0.667. The van der Waals surface area contributed by atoms with E-state index in [2.05, 4.69) is 0 Å². The van der Waals surface area contributed by atoms with E-state index in [9.17, 15) is 18.8 Å². The van der Waals surface area contributed by atoms with Crippen molar-refractivity contribution >= 4 is 18.0 Å². The Balaban J connectivity index is 2.70. The van der Waals surface area contributed by atoms with Crippen LogP contribution >= 0.6 is 0 Å². The van der Waals surface area contributed by atoms with Gasteiger partial charge in [0.1, 0.15) is 5.60 Å². The third kappa shape index (κ3) is 2.91. The van der Waals surface area contributed by atoms with Gasteiger partial charge in [-0.25, -0.2) is 18.9 Å². The molecule has 0 spiro atoms. The van der Waals surface area contributed by atoms with Crippen molar-refractivity contribution < 1.29 is 23.5 Å². The van der Waals surface area contributed by atoms with Gasteiger partial charge in [0.25, 0.3) is 5.91 Å². The van der Waals surface area contributed by atoms with Crippen LogP contribution in [0.5, 0.6) is 0 Å². The number of amides is 4. The summed E-state index contributed by atoms with van der Waals surface area (Å²) in [5, 5.41) is 1.72. The molecule has 1 rings (SSSR count). The lowest BCUT2D eigenvalue weighted by atomic mass is 10.2. The SMILES string of the molecule is CC(C)(C)OC(=O)N1CC(F)C(=O)NC1=O. The van der Waals surface area contributed by atoms with Crippen LogP contribution < -0.4 is 5.32 Å². The van der Waals surface area contributed by atoms with Crippen LogP contribution in [-0.4, -0.2) is 41.2 Å². The predicted molar refractivity (Wildman–Crippen MR) is 51.4 cm³/mol. The van der Waals surface area contributed by atoms with Gasteiger partial charge in [0, 0.05) is 0 Å². The summed E-state index contributed by atoms with van der Waals surface area (Å²) in [6.45, 7) is 4.24. The Hall–Kier alpha value is -1.66. The molecule has 16 heavy (non-hydrogen) atoms. The van der Waals surface area contributed by atoms with Gasteiger partial charge >= 0.3 is 12.1 Å². The van der Waals surface area contributed by atoms with Crippen molar-refractivity contribution in [3.05, 3.63) is 0 Å².